The van der Waals surface area contributed by atoms with Gasteiger partial charge in [-0.15, -0.1) is 0 Å². The van der Waals surface area contributed by atoms with E-state index in [9.17, 15) is 10.1 Å². The summed E-state index contributed by atoms with van der Waals surface area (Å²) in [5, 5.41) is 18.9. The minimum absolute atomic E-state index is 0.00517. The molecule has 0 radical (unpaired) electrons. The second-order valence-electron chi connectivity index (χ2n) is 4.84. The summed E-state index contributed by atoms with van der Waals surface area (Å²) in [4.78, 5) is 12.3. The fraction of sp³-hybridized carbons (Fsp3) is 0.200. The van der Waals surface area contributed by atoms with E-state index in [1.54, 1.807) is 12.1 Å². The zero-order chi connectivity index (χ0) is 15.4. The van der Waals surface area contributed by atoms with Crippen LogP contribution in [0.2, 0.25) is 0 Å². The first-order chi connectivity index (χ1) is 9.97. The molecule has 0 unspecified atom stereocenters. The Labute approximate surface area is 122 Å². The molecule has 0 saturated carbocycles. The number of hydrogen-bond acceptors (Lipinski definition) is 5. The van der Waals surface area contributed by atoms with Gasteiger partial charge >= 0.3 is 0 Å². The molecule has 0 spiro atoms. The van der Waals surface area contributed by atoms with E-state index in [2.05, 4.69) is 10.2 Å². The van der Waals surface area contributed by atoms with Gasteiger partial charge in [0.1, 0.15) is 0 Å². The van der Waals surface area contributed by atoms with Gasteiger partial charge in [0.05, 0.1) is 16.3 Å². The van der Waals surface area contributed by atoms with Crippen LogP contribution in [0.15, 0.2) is 52.7 Å². The lowest BCUT2D eigenvalue weighted by molar-refractivity contribution is -0.384. The number of nitro benzene ring substituents is 1. The summed E-state index contributed by atoms with van der Waals surface area (Å²) in [6.45, 7) is 2.00. The van der Waals surface area contributed by atoms with E-state index in [0.29, 0.717) is 11.4 Å². The van der Waals surface area contributed by atoms with Crippen LogP contribution in [0.3, 0.4) is 0 Å². The Bertz CT molecular complexity index is 696. The average molecular weight is 284 g/mol. The molecule has 0 aliphatic rings. The van der Waals surface area contributed by atoms with Gasteiger partial charge in [-0.25, -0.2) is 0 Å². The van der Waals surface area contributed by atoms with Crippen LogP contribution >= 0.6 is 0 Å². The Morgan fingerprint density at radius 2 is 1.71 bits per heavy atom. The van der Waals surface area contributed by atoms with Crippen LogP contribution in [0.25, 0.3) is 0 Å². The van der Waals surface area contributed by atoms with Crippen LogP contribution < -0.4 is 4.90 Å². The van der Waals surface area contributed by atoms with Gasteiger partial charge in [-0.05, 0) is 36.8 Å². The molecule has 6 nitrogen and oxygen atoms in total. The number of anilines is 1. The van der Waals surface area contributed by atoms with E-state index >= 15 is 0 Å². The molecule has 0 amide bonds. The fourth-order valence-electron chi connectivity index (χ4n) is 1.99. The molecule has 2 aromatic rings. The lowest BCUT2D eigenvalue weighted by Crippen LogP contribution is -2.09. The number of aryl methyl sites for hydroxylation is 1. The number of hydrogen-bond donors (Lipinski definition) is 0. The van der Waals surface area contributed by atoms with Crippen LogP contribution in [-0.2, 0) is 0 Å². The van der Waals surface area contributed by atoms with Gasteiger partial charge < -0.3 is 4.90 Å². The van der Waals surface area contributed by atoms with Crippen LogP contribution in [0.5, 0.6) is 0 Å². The van der Waals surface area contributed by atoms with E-state index in [1.807, 2.05) is 44.1 Å². The Morgan fingerprint density at radius 3 is 2.29 bits per heavy atom. The van der Waals surface area contributed by atoms with Crippen LogP contribution in [0, 0.1) is 17.0 Å². The van der Waals surface area contributed by atoms with E-state index in [-0.39, 0.29) is 5.69 Å². The van der Waals surface area contributed by atoms with Gasteiger partial charge in [-0.3, -0.25) is 10.1 Å². The van der Waals surface area contributed by atoms with Crippen molar-refractivity contribution in [1.29, 1.82) is 0 Å². The molecule has 2 aromatic carbocycles. The number of azo groups is 1. The summed E-state index contributed by atoms with van der Waals surface area (Å²) < 4.78 is 0. The second-order valence-corrected chi connectivity index (χ2v) is 4.84. The third-order valence-corrected chi connectivity index (χ3v) is 2.98. The van der Waals surface area contributed by atoms with Crippen molar-refractivity contribution in [2.45, 2.75) is 6.92 Å². The van der Waals surface area contributed by atoms with E-state index in [1.165, 1.54) is 12.1 Å². The summed E-state index contributed by atoms with van der Waals surface area (Å²) in [6, 6.07) is 11.8. The molecule has 108 valence electrons. The van der Waals surface area contributed by atoms with Crippen molar-refractivity contribution in [2.75, 3.05) is 19.0 Å². The van der Waals surface area contributed by atoms with Crippen molar-refractivity contribution in [2.24, 2.45) is 10.2 Å². The average Bonchev–Trinajstić information content (AvgIpc) is 2.45. The molecular formula is C15H16N4O2. The quantitative estimate of drug-likeness (QED) is 0.475. The van der Waals surface area contributed by atoms with E-state index < -0.39 is 4.92 Å². The SMILES string of the molecule is Cc1cc(N=Nc2cccc([N+](=O)[O-])c2)ccc1N(C)C. The van der Waals surface area contributed by atoms with Gasteiger partial charge in [0.2, 0.25) is 0 Å². The van der Waals surface area contributed by atoms with Crippen molar-refractivity contribution in [3.63, 3.8) is 0 Å². The summed E-state index contributed by atoms with van der Waals surface area (Å²) in [6.07, 6.45) is 0. The Morgan fingerprint density at radius 1 is 1.05 bits per heavy atom. The van der Waals surface area contributed by atoms with Crippen molar-refractivity contribution < 1.29 is 4.92 Å². The van der Waals surface area contributed by atoms with Crippen molar-refractivity contribution >= 4 is 22.7 Å². The predicted molar refractivity (Wildman–Crippen MR) is 82.8 cm³/mol. The third kappa shape index (κ3) is 3.62. The van der Waals surface area contributed by atoms with Gasteiger partial charge in [0, 0.05) is 31.9 Å². The molecule has 21 heavy (non-hydrogen) atoms. The molecule has 6 heteroatoms. The lowest BCUT2D eigenvalue weighted by Gasteiger charge is -2.15. The number of nitro groups is 1. The normalized spacial score (nSPS) is 10.8. The Kier molecular flexibility index (Phi) is 4.27. The lowest BCUT2D eigenvalue weighted by atomic mass is 10.1. The number of rotatable bonds is 4. The van der Waals surface area contributed by atoms with Crippen molar-refractivity contribution in [1.82, 2.24) is 0 Å². The monoisotopic (exact) mass is 284 g/mol. The molecule has 0 aliphatic carbocycles. The van der Waals surface area contributed by atoms with Gasteiger partial charge in [-0.1, -0.05) is 6.07 Å². The summed E-state index contributed by atoms with van der Waals surface area (Å²) >= 11 is 0. The zero-order valence-electron chi connectivity index (χ0n) is 12.1. The van der Waals surface area contributed by atoms with Crippen LogP contribution in [-0.4, -0.2) is 19.0 Å². The molecule has 0 saturated heterocycles. The van der Waals surface area contributed by atoms with Crippen molar-refractivity contribution in [3.05, 3.63) is 58.1 Å². The fourth-order valence-corrected chi connectivity index (χ4v) is 1.99. The summed E-state index contributed by atoms with van der Waals surface area (Å²) in [5.41, 5.74) is 3.38. The minimum Gasteiger partial charge on any atom is -0.377 e. The highest BCUT2D eigenvalue weighted by Gasteiger charge is 2.05. The van der Waals surface area contributed by atoms with Gasteiger partial charge in [0.25, 0.3) is 5.69 Å². The standard InChI is InChI=1S/C15H16N4O2/c1-11-9-13(7-8-15(11)18(2)3)17-16-12-5-4-6-14(10-12)19(20)21/h4-10H,1-3H3. The van der Waals surface area contributed by atoms with Gasteiger partial charge in [0.15, 0.2) is 0 Å². The first-order valence-corrected chi connectivity index (χ1v) is 6.41. The maximum Gasteiger partial charge on any atom is 0.271 e. The summed E-state index contributed by atoms with van der Waals surface area (Å²) in [7, 11) is 3.96. The first kappa shape index (κ1) is 14.6. The molecule has 2 rings (SSSR count). The second kappa shape index (κ2) is 6.13. The highest BCUT2D eigenvalue weighted by Crippen LogP contribution is 2.26. The van der Waals surface area contributed by atoms with E-state index in [4.69, 9.17) is 0 Å². The maximum atomic E-state index is 10.7. The Hall–Kier alpha value is -2.76. The zero-order valence-corrected chi connectivity index (χ0v) is 12.1. The molecule has 0 aromatic heterocycles. The topological polar surface area (TPSA) is 71.1 Å². The smallest absolute Gasteiger partial charge is 0.271 e. The molecule has 0 bridgehead atoms. The number of benzene rings is 2. The molecule has 0 heterocycles. The van der Waals surface area contributed by atoms with Crippen molar-refractivity contribution in [3.8, 4) is 0 Å². The van der Waals surface area contributed by atoms with Crippen LogP contribution in [0.4, 0.5) is 22.7 Å². The number of nitrogens with zero attached hydrogens (tertiary/aromatic N) is 4. The number of non-ortho nitro benzene ring substituents is 1. The van der Waals surface area contributed by atoms with Gasteiger partial charge in [-0.2, -0.15) is 10.2 Å². The highest BCUT2D eigenvalue weighted by molar-refractivity contribution is 5.58. The molecular weight excluding hydrogens is 268 g/mol. The largest absolute Gasteiger partial charge is 0.377 e. The first-order valence-electron chi connectivity index (χ1n) is 6.41. The van der Waals surface area contributed by atoms with E-state index in [0.717, 1.165) is 11.3 Å². The molecule has 0 aliphatic heterocycles. The van der Waals surface area contributed by atoms with Crippen LogP contribution in [0.1, 0.15) is 5.56 Å². The Balaban J connectivity index is 2.23. The molecule has 0 atom stereocenters. The third-order valence-electron chi connectivity index (χ3n) is 2.98. The predicted octanol–water partition coefficient (Wildman–Crippen LogP) is 4.38. The minimum atomic E-state index is -0.449. The summed E-state index contributed by atoms with van der Waals surface area (Å²) in [5.74, 6) is 0. The highest BCUT2D eigenvalue weighted by atomic mass is 16.6. The molecule has 0 N–H and O–H groups in total. The molecule has 0 fully saturated rings. The maximum absolute atomic E-state index is 10.7.